The van der Waals surface area contributed by atoms with Crippen LogP contribution in [0, 0.1) is 6.92 Å². The molecule has 3 aromatic rings. The first-order chi connectivity index (χ1) is 15.0. The number of methoxy groups -OCH3 is 1. The number of aryl methyl sites for hydroxylation is 1. The number of benzene rings is 2. The highest BCUT2D eigenvalue weighted by Crippen LogP contribution is 2.24. The maximum Gasteiger partial charge on any atom is 0.308 e. The molecule has 1 amide bonds. The fourth-order valence-corrected chi connectivity index (χ4v) is 3.19. The summed E-state index contributed by atoms with van der Waals surface area (Å²) in [6.07, 6.45) is 0.0469. The summed E-state index contributed by atoms with van der Waals surface area (Å²) < 4.78 is 16.1. The van der Waals surface area contributed by atoms with E-state index in [0.29, 0.717) is 23.1 Å². The number of carbonyl (C=O) groups excluding carboxylic acids is 2. The van der Waals surface area contributed by atoms with Crippen LogP contribution in [0.25, 0.3) is 11.5 Å². The predicted molar refractivity (Wildman–Crippen MR) is 116 cm³/mol. The molecule has 1 aromatic heterocycles. The zero-order valence-electron chi connectivity index (χ0n) is 17.9. The van der Waals surface area contributed by atoms with Crippen LogP contribution in [0.15, 0.2) is 59.0 Å². The van der Waals surface area contributed by atoms with Crippen LogP contribution < -0.4 is 10.1 Å². The van der Waals surface area contributed by atoms with Gasteiger partial charge in [-0.25, -0.2) is 4.98 Å². The second-order valence-corrected chi connectivity index (χ2v) is 6.97. The summed E-state index contributed by atoms with van der Waals surface area (Å²) in [7, 11) is 1.57. The van der Waals surface area contributed by atoms with E-state index in [9.17, 15) is 9.59 Å². The van der Waals surface area contributed by atoms with Crippen molar-refractivity contribution in [3.63, 3.8) is 0 Å². The minimum absolute atomic E-state index is 0.0137. The van der Waals surface area contributed by atoms with E-state index in [2.05, 4.69) is 10.3 Å². The van der Waals surface area contributed by atoms with Crippen molar-refractivity contribution < 1.29 is 23.5 Å². The third-order valence-electron chi connectivity index (χ3n) is 4.75. The SMILES string of the molecule is CCOC(=O)CC(NC(=O)Cc1nc(-c2ccccc2)oc1C)c1cccc(OC)c1. The number of esters is 1. The maximum absolute atomic E-state index is 12.8. The van der Waals surface area contributed by atoms with Crippen LogP contribution in [0.2, 0.25) is 0 Å². The molecule has 2 aromatic carbocycles. The number of nitrogens with zero attached hydrogens (tertiary/aromatic N) is 1. The van der Waals surface area contributed by atoms with Crippen molar-refractivity contribution in [2.24, 2.45) is 0 Å². The number of aromatic nitrogens is 1. The van der Waals surface area contributed by atoms with Crippen molar-refractivity contribution >= 4 is 11.9 Å². The van der Waals surface area contributed by atoms with Crippen LogP contribution in [-0.2, 0) is 20.7 Å². The molecule has 7 nitrogen and oxygen atoms in total. The van der Waals surface area contributed by atoms with Crippen molar-refractivity contribution in [2.45, 2.75) is 32.7 Å². The molecule has 0 bridgehead atoms. The lowest BCUT2D eigenvalue weighted by molar-refractivity contribution is -0.143. The fourth-order valence-electron chi connectivity index (χ4n) is 3.19. The van der Waals surface area contributed by atoms with Gasteiger partial charge in [0.2, 0.25) is 11.8 Å². The summed E-state index contributed by atoms with van der Waals surface area (Å²) >= 11 is 0. The average molecular weight is 422 g/mol. The van der Waals surface area contributed by atoms with Gasteiger partial charge in [0.25, 0.3) is 0 Å². The monoisotopic (exact) mass is 422 g/mol. The van der Waals surface area contributed by atoms with Gasteiger partial charge in [-0.1, -0.05) is 30.3 Å². The summed E-state index contributed by atoms with van der Waals surface area (Å²) in [5, 5.41) is 2.92. The number of amides is 1. The first-order valence-electron chi connectivity index (χ1n) is 10.1. The van der Waals surface area contributed by atoms with Gasteiger partial charge in [0.05, 0.1) is 38.3 Å². The fraction of sp³-hybridized carbons (Fsp3) is 0.292. The standard InChI is InChI=1S/C24H26N2O5/c1-4-30-23(28)15-21(18-11-8-12-19(13-18)29-3)25-22(27)14-20-16(2)31-24(26-20)17-9-6-5-7-10-17/h5-13,21H,4,14-15H2,1-3H3,(H,25,27). The molecule has 1 atom stereocenters. The molecule has 0 radical (unpaired) electrons. The number of hydrogen-bond donors (Lipinski definition) is 1. The van der Waals surface area contributed by atoms with Gasteiger partial charge in [0.1, 0.15) is 11.5 Å². The van der Waals surface area contributed by atoms with Gasteiger partial charge in [0, 0.05) is 5.56 Å². The normalized spacial score (nSPS) is 11.6. The zero-order valence-corrected chi connectivity index (χ0v) is 17.9. The molecule has 162 valence electrons. The molecule has 1 unspecified atom stereocenters. The highest BCUT2D eigenvalue weighted by Gasteiger charge is 2.22. The van der Waals surface area contributed by atoms with E-state index in [1.807, 2.05) is 42.5 Å². The molecular formula is C24H26N2O5. The van der Waals surface area contributed by atoms with E-state index >= 15 is 0 Å². The van der Waals surface area contributed by atoms with E-state index in [1.165, 1.54) is 0 Å². The topological polar surface area (TPSA) is 90.7 Å². The van der Waals surface area contributed by atoms with Crippen LogP contribution >= 0.6 is 0 Å². The van der Waals surface area contributed by atoms with Crippen molar-refractivity contribution in [1.82, 2.24) is 10.3 Å². The first kappa shape index (κ1) is 22.1. The molecule has 0 spiro atoms. The molecule has 0 saturated carbocycles. The summed E-state index contributed by atoms with van der Waals surface area (Å²) in [5.41, 5.74) is 2.15. The van der Waals surface area contributed by atoms with E-state index in [1.54, 1.807) is 33.1 Å². The maximum atomic E-state index is 12.8. The van der Waals surface area contributed by atoms with Gasteiger partial charge in [-0.3, -0.25) is 9.59 Å². The molecule has 0 aliphatic rings. The summed E-state index contributed by atoms with van der Waals surface area (Å²) in [6, 6.07) is 16.2. The van der Waals surface area contributed by atoms with Crippen molar-refractivity contribution in [1.29, 1.82) is 0 Å². The van der Waals surface area contributed by atoms with Gasteiger partial charge in [-0.15, -0.1) is 0 Å². The Morgan fingerprint density at radius 1 is 1.13 bits per heavy atom. The number of nitrogens with one attached hydrogen (secondary N) is 1. The lowest BCUT2D eigenvalue weighted by Gasteiger charge is -2.19. The molecule has 0 aliphatic carbocycles. The number of hydrogen-bond acceptors (Lipinski definition) is 6. The van der Waals surface area contributed by atoms with Crippen LogP contribution in [0.5, 0.6) is 5.75 Å². The molecule has 7 heteroatoms. The Balaban J connectivity index is 1.75. The molecule has 0 saturated heterocycles. The highest BCUT2D eigenvalue weighted by molar-refractivity contribution is 5.80. The number of oxazole rings is 1. The summed E-state index contributed by atoms with van der Waals surface area (Å²) in [6.45, 7) is 3.80. The molecule has 1 heterocycles. The number of carbonyl (C=O) groups is 2. The van der Waals surface area contributed by atoms with Gasteiger partial charge < -0.3 is 19.2 Å². The van der Waals surface area contributed by atoms with Crippen LogP contribution in [0.1, 0.15) is 36.4 Å². The molecule has 3 rings (SSSR count). The third-order valence-corrected chi connectivity index (χ3v) is 4.75. The molecule has 0 fully saturated rings. The Bertz CT molecular complexity index is 1030. The lowest BCUT2D eigenvalue weighted by atomic mass is 10.0. The van der Waals surface area contributed by atoms with Gasteiger partial charge in [0.15, 0.2) is 0 Å². The van der Waals surface area contributed by atoms with Crippen LogP contribution in [-0.4, -0.2) is 30.6 Å². The van der Waals surface area contributed by atoms with E-state index in [-0.39, 0.29) is 31.3 Å². The van der Waals surface area contributed by atoms with E-state index in [0.717, 1.165) is 11.1 Å². The van der Waals surface area contributed by atoms with Crippen molar-refractivity contribution in [2.75, 3.05) is 13.7 Å². The minimum atomic E-state index is -0.553. The molecular weight excluding hydrogens is 396 g/mol. The summed E-state index contributed by atoms with van der Waals surface area (Å²) in [5.74, 6) is 1.03. The summed E-state index contributed by atoms with van der Waals surface area (Å²) in [4.78, 5) is 29.4. The predicted octanol–water partition coefficient (Wildman–Crippen LogP) is 4.01. The van der Waals surface area contributed by atoms with Crippen LogP contribution in [0.3, 0.4) is 0 Å². The Morgan fingerprint density at radius 2 is 1.90 bits per heavy atom. The molecule has 1 N–H and O–H groups in total. The van der Waals surface area contributed by atoms with Gasteiger partial charge >= 0.3 is 5.97 Å². The number of ether oxygens (including phenoxy) is 2. The van der Waals surface area contributed by atoms with Crippen LogP contribution in [0.4, 0.5) is 0 Å². The zero-order chi connectivity index (χ0) is 22.2. The Labute approximate surface area is 181 Å². The highest BCUT2D eigenvalue weighted by atomic mass is 16.5. The average Bonchev–Trinajstić information content (AvgIpc) is 3.14. The lowest BCUT2D eigenvalue weighted by Crippen LogP contribution is -2.32. The van der Waals surface area contributed by atoms with Crippen molar-refractivity contribution in [3.8, 4) is 17.2 Å². The Kier molecular flexibility index (Phi) is 7.43. The minimum Gasteiger partial charge on any atom is -0.497 e. The second-order valence-electron chi connectivity index (χ2n) is 6.97. The quantitative estimate of drug-likeness (QED) is 0.524. The Hall–Kier alpha value is -3.61. The van der Waals surface area contributed by atoms with E-state index in [4.69, 9.17) is 13.9 Å². The smallest absolute Gasteiger partial charge is 0.308 e. The van der Waals surface area contributed by atoms with Gasteiger partial charge in [-0.2, -0.15) is 0 Å². The molecule has 31 heavy (non-hydrogen) atoms. The number of rotatable bonds is 9. The largest absolute Gasteiger partial charge is 0.497 e. The van der Waals surface area contributed by atoms with E-state index < -0.39 is 6.04 Å². The first-order valence-corrected chi connectivity index (χ1v) is 10.1. The Morgan fingerprint density at radius 3 is 2.61 bits per heavy atom. The van der Waals surface area contributed by atoms with Crippen molar-refractivity contribution in [3.05, 3.63) is 71.6 Å². The van der Waals surface area contributed by atoms with Gasteiger partial charge in [-0.05, 0) is 43.7 Å². The molecule has 0 aliphatic heterocycles. The second kappa shape index (κ2) is 10.4. The third kappa shape index (κ3) is 5.94.